The summed E-state index contributed by atoms with van der Waals surface area (Å²) in [5, 5.41) is 0.555. The Labute approximate surface area is 103 Å². The molecule has 0 aliphatic rings. The lowest BCUT2D eigenvalue weighted by Gasteiger charge is -2.05. The van der Waals surface area contributed by atoms with Gasteiger partial charge in [-0.1, -0.05) is 12.5 Å². The molecule has 1 aromatic heterocycles. The van der Waals surface area contributed by atoms with Gasteiger partial charge in [0.25, 0.3) is 5.56 Å². The Balaban J connectivity index is 3.29. The van der Waals surface area contributed by atoms with Gasteiger partial charge in [0, 0.05) is 11.2 Å². The molecule has 0 radical (unpaired) electrons. The molecule has 1 unspecified atom stereocenters. The highest BCUT2D eigenvalue weighted by Gasteiger charge is 2.12. The Morgan fingerprint density at radius 2 is 2.31 bits per heavy atom. The fourth-order valence-electron chi connectivity index (χ4n) is 1.07. The molecule has 4 nitrogen and oxygen atoms in total. The number of hydrogen-bond acceptors (Lipinski definition) is 4. The van der Waals surface area contributed by atoms with E-state index in [0.29, 0.717) is 10.6 Å². The summed E-state index contributed by atoms with van der Waals surface area (Å²) in [5.74, 6) is 0. The van der Waals surface area contributed by atoms with Gasteiger partial charge in [-0.05, 0) is 19.4 Å². The summed E-state index contributed by atoms with van der Waals surface area (Å²) in [5.41, 5.74) is 1.08. The molecular formula is C10H14N2O2S2. The van der Waals surface area contributed by atoms with E-state index < -0.39 is 16.7 Å². The van der Waals surface area contributed by atoms with Gasteiger partial charge in [-0.25, -0.2) is 0 Å². The summed E-state index contributed by atoms with van der Waals surface area (Å²) in [4.78, 5) is 18.1. The highest BCUT2D eigenvalue weighted by molar-refractivity contribution is 7.90. The standard InChI is InChI=1S/C10H14N2O2S2/c1-4-6(2)5-7-8(13)11-10(16(3)14)12-9(7)15/h5H,4H2,1-3H3,(H2,11,12,13,15)/b6-5+. The third-order valence-electron chi connectivity index (χ3n) is 2.13. The Hall–Kier alpha value is -0.720. The summed E-state index contributed by atoms with van der Waals surface area (Å²) < 4.78 is 11.2. The Bertz CT molecular complexity index is 466. The van der Waals surface area contributed by atoms with Crippen molar-refractivity contribution in [2.75, 3.05) is 6.26 Å². The smallest absolute Gasteiger partial charge is 0.324 e. The number of allylic oxidation sites excluding steroid dienone is 1. The maximum absolute atomic E-state index is 11.7. The van der Waals surface area contributed by atoms with E-state index in [0.717, 1.165) is 12.0 Å². The van der Waals surface area contributed by atoms with Crippen LogP contribution in [0.2, 0.25) is 0 Å². The molecule has 0 spiro atoms. The van der Waals surface area contributed by atoms with Crippen molar-refractivity contribution in [3.8, 4) is 0 Å². The molecule has 1 aromatic rings. The SMILES string of the molecule is CC/C(C)=C/c1c(S)[nH]c([S+](C)[O-])nc1=O. The molecule has 0 saturated carbocycles. The van der Waals surface area contributed by atoms with Gasteiger partial charge in [-0.15, -0.1) is 17.6 Å². The van der Waals surface area contributed by atoms with Crippen LogP contribution in [0.3, 0.4) is 0 Å². The highest BCUT2D eigenvalue weighted by atomic mass is 32.2. The molecule has 0 saturated heterocycles. The number of nitrogens with zero attached hydrogens (tertiary/aromatic N) is 1. The molecule has 0 aromatic carbocycles. The Morgan fingerprint density at radius 1 is 1.69 bits per heavy atom. The maximum Gasteiger partial charge on any atom is 0.324 e. The minimum absolute atomic E-state index is 0.154. The van der Waals surface area contributed by atoms with E-state index in [1.54, 1.807) is 6.08 Å². The molecule has 1 rings (SSSR count). The second-order valence-corrected chi connectivity index (χ2v) is 5.15. The number of H-pyrrole nitrogens is 1. The van der Waals surface area contributed by atoms with Crippen LogP contribution in [0.1, 0.15) is 25.8 Å². The van der Waals surface area contributed by atoms with E-state index in [1.807, 2.05) is 13.8 Å². The van der Waals surface area contributed by atoms with Crippen molar-refractivity contribution in [2.45, 2.75) is 30.5 Å². The molecule has 0 bridgehead atoms. The number of nitrogens with one attached hydrogen (secondary N) is 1. The quantitative estimate of drug-likeness (QED) is 0.374. The van der Waals surface area contributed by atoms with E-state index >= 15 is 0 Å². The van der Waals surface area contributed by atoms with Crippen molar-refractivity contribution in [3.05, 3.63) is 21.5 Å². The first-order valence-electron chi connectivity index (χ1n) is 4.79. The van der Waals surface area contributed by atoms with Gasteiger partial charge in [0.15, 0.2) is 0 Å². The lowest BCUT2D eigenvalue weighted by atomic mass is 10.2. The first kappa shape index (κ1) is 13.3. The molecule has 1 heterocycles. The summed E-state index contributed by atoms with van der Waals surface area (Å²) in [7, 11) is 0. The second kappa shape index (κ2) is 5.56. The van der Waals surface area contributed by atoms with E-state index in [9.17, 15) is 9.35 Å². The minimum Gasteiger partial charge on any atom is -0.609 e. The van der Waals surface area contributed by atoms with Crippen LogP contribution in [0.25, 0.3) is 6.08 Å². The van der Waals surface area contributed by atoms with Gasteiger partial charge < -0.3 is 4.55 Å². The summed E-state index contributed by atoms with van der Waals surface area (Å²) >= 11 is 2.86. The van der Waals surface area contributed by atoms with E-state index in [-0.39, 0.29) is 5.16 Å². The Morgan fingerprint density at radius 3 is 2.75 bits per heavy atom. The van der Waals surface area contributed by atoms with Gasteiger partial charge in [0.2, 0.25) is 0 Å². The molecule has 0 amide bonds. The molecule has 6 heteroatoms. The number of thiol groups is 1. The van der Waals surface area contributed by atoms with Crippen LogP contribution in [0.5, 0.6) is 0 Å². The second-order valence-electron chi connectivity index (χ2n) is 3.41. The summed E-state index contributed by atoms with van der Waals surface area (Å²) in [6, 6.07) is 0. The average Bonchev–Trinajstić information content (AvgIpc) is 2.22. The lowest BCUT2D eigenvalue weighted by molar-refractivity contribution is 0.589. The molecule has 0 fully saturated rings. The molecule has 0 aliphatic heterocycles. The van der Waals surface area contributed by atoms with Crippen molar-refractivity contribution >= 4 is 29.9 Å². The van der Waals surface area contributed by atoms with Crippen molar-refractivity contribution in [3.63, 3.8) is 0 Å². The predicted octanol–water partition coefficient (Wildman–Crippen LogP) is 1.61. The highest BCUT2D eigenvalue weighted by Crippen LogP contribution is 2.13. The van der Waals surface area contributed by atoms with Crippen molar-refractivity contribution in [1.82, 2.24) is 9.97 Å². The zero-order valence-electron chi connectivity index (χ0n) is 9.40. The van der Waals surface area contributed by atoms with Crippen molar-refractivity contribution < 1.29 is 4.55 Å². The fourth-order valence-corrected chi connectivity index (χ4v) is 1.86. The van der Waals surface area contributed by atoms with E-state index in [2.05, 4.69) is 22.6 Å². The summed E-state index contributed by atoms with van der Waals surface area (Å²) in [6.45, 7) is 3.93. The van der Waals surface area contributed by atoms with Gasteiger partial charge >= 0.3 is 5.16 Å². The monoisotopic (exact) mass is 258 g/mol. The number of aromatic amines is 1. The third-order valence-corrected chi connectivity index (χ3v) is 3.23. The van der Waals surface area contributed by atoms with Crippen LogP contribution in [0.4, 0.5) is 0 Å². The molecule has 88 valence electrons. The third kappa shape index (κ3) is 3.13. The van der Waals surface area contributed by atoms with Crippen LogP contribution >= 0.6 is 12.6 Å². The first-order valence-corrected chi connectivity index (χ1v) is 6.80. The normalized spacial score (nSPS) is 13.9. The molecule has 1 atom stereocenters. The van der Waals surface area contributed by atoms with Crippen LogP contribution < -0.4 is 5.56 Å². The van der Waals surface area contributed by atoms with Crippen molar-refractivity contribution in [2.24, 2.45) is 0 Å². The van der Waals surface area contributed by atoms with Gasteiger partial charge in [-0.3, -0.25) is 9.78 Å². The molecule has 16 heavy (non-hydrogen) atoms. The molecule has 1 N–H and O–H groups in total. The van der Waals surface area contributed by atoms with Crippen molar-refractivity contribution in [1.29, 1.82) is 0 Å². The first-order chi connectivity index (χ1) is 7.45. The zero-order valence-corrected chi connectivity index (χ0v) is 11.1. The fraction of sp³-hybridized carbons (Fsp3) is 0.400. The van der Waals surface area contributed by atoms with Gasteiger partial charge in [-0.2, -0.15) is 0 Å². The van der Waals surface area contributed by atoms with Crippen LogP contribution in [0.15, 0.2) is 20.6 Å². The molecular weight excluding hydrogens is 244 g/mol. The number of aromatic nitrogens is 2. The average molecular weight is 258 g/mol. The predicted molar refractivity (Wildman–Crippen MR) is 68.4 cm³/mol. The van der Waals surface area contributed by atoms with Crippen LogP contribution in [-0.2, 0) is 11.2 Å². The lowest BCUT2D eigenvalue weighted by Crippen LogP contribution is -2.18. The van der Waals surface area contributed by atoms with Gasteiger partial charge in [0.05, 0.1) is 10.6 Å². The minimum atomic E-state index is -1.31. The van der Waals surface area contributed by atoms with Crippen LogP contribution in [0, 0.1) is 0 Å². The van der Waals surface area contributed by atoms with Crippen LogP contribution in [-0.4, -0.2) is 20.8 Å². The topological polar surface area (TPSA) is 68.8 Å². The van der Waals surface area contributed by atoms with E-state index in [1.165, 1.54) is 6.26 Å². The molecule has 0 aliphatic carbocycles. The largest absolute Gasteiger partial charge is 0.609 e. The zero-order chi connectivity index (χ0) is 12.3. The summed E-state index contributed by atoms with van der Waals surface area (Å²) in [6.07, 6.45) is 4.06. The van der Waals surface area contributed by atoms with E-state index in [4.69, 9.17) is 0 Å². The van der Waals surface area contributed by atoms with Gasteiger partial charge in [0.1, 0.15) is 6.26 Å². The number of hydrogen-bond donors (Lipinski definition) is 2. The Kier molecular flexibility index (Phi) is 4.64. The maximum atomic E-state index is 11.7. The number of rotatable bonds is 3.